The monoisotopic (exact) mass is 397 g/mol. The molecule has 138 valence electrons. The fourth-order valence-electron chi connectivity index (χ4n) is 3.28. The molecule has 0 N–H and O–H groups in total. The molecule has 1 unspecified atom stereocenters. The second-order valence-corrected chi connectivity index (χ2v) is 6.88. The van der Waals surface area contributed by atoms with Crippen LogP contribution in [0.2, 0.25) is 10.0 Å². The van der Waals surface area contributed by atoms with E-state index >= 15 is 4.39 Å². The van der Waals surface area contributed by atoms with Gasteiger partial charge in [0.2, 0.25) is 0 Å². The van der Waals surface area contributed by atoms with Crippen LogP contribution < -0.4 is 9.64 Å². The highest BCUT2D eigenvalue weighted by Gasteiger charge is 2.30. The van der Waals surface area contributed by atoms with E-state index in [0.717, 1.165) is 18.7 Å². The summed E-state index contributed by atoms with van der Waals surface area (Å²) in [5.41, 5.74) is 1.25. The summed E-state index contributed by atoms with van der Waals surface area (Å²) >= 11 is 12.1. The molecule has 1 fully saturated rings. The van der Waals surface area contributed by atoms with Gasteiger partial charge in [0.05, 0.1) is 24.3 Å². The fraction of sp³-hybridized carbons (Fsp3) is 0.316. The van der Waals surface area contributed by atoms with E-state index in [1.807, 2.05) is 6.07 Å². The van der Waals surface area contributed by atoms with Crippen molar-refractivity contribution in [3.05, 3.63) is 57.3 Å². The average molecular weight is 398 g/mol. The van der Waals surface area contributed by atoms with Crippen LogP contribution in [0.1, 0.15) is 28.3 Å². The van der Waals surface area contributed by atoms with E-state index in [9.17, 15) is 4.79 Å². The fourth-order valence-corrected chi connectivity index (χ4v) is 3.57. The number of rotatable bonds is 4. The molecule has 2 aromatic carbocycles. The molecule has 0 spiro atoms. The molecule has 1 aliphatic rings. The molecule has 0 aliphatic carbocycles. The van der Waals surface area contributed by atoms with Crippen molar-refractivity contribution in [3.63, 3.8) is 0 Å². The van der Waals surface area contributed by atoms with Gasteiger partial charge < -0.3 is 14.4 Å². The third kappa shape index (κ3) is 3.46. The minimum absolute atomic E-state index is 0.0567. The first-order chi connectivity index (χ1) is 12.5. The summed E-state index contributed by atoms with van der Waals surface area (Å²) in [7, 11) is 2.61. The summed E-state index contributed by atoms with van der Waals surface area (Å²) in [4.78, 5) is 14.1. The molecular formula is C19H18Cl2FNO3. The number of carbonyl (C=O) groups excluding carboxylic acids is 1. The highest BCUT2D eigenvalue weighted by Crippen LogP contribution is 2.37. The van der Waals surface area contributed by atoms with Crippen LogP contribution in [0.5, 0.6) is 5.75 Å². The summed E-state index contributed by atoms with van der Waals surface area (Å²) in [6.45, 7) is 1.36. The van der Waals surface area contributed by atoms with Gasteiger partial charge in [-0.05, 0) is 36.2 Å². The summed E-state index contributed by atoms with van der Waals surface area (Å²) in [5, 5.41) is 0.978. The van der Waals surface area contributed by atoms with Gasteiger partial charge in [-0.1, -0.05) is 29.3 Å². The van der Waals surface area contributed by atoms with Crippen molar-refractivity contribution < 1.29 is 18.7 Å². The number of ether oxygens (including phenoxy) is 2. The Morgan fingerprint density at radius 3 is 2.62 bits per heavy atom. The molecule has 1 aliphatic heterocycles. The van der Waals surface area contributed by atoms with E-state index in [2.05, 4.69) is 4.90 Å². The highest BCUT2D eigenvalue weighted by atomic mass is 35.5. The lowest BCUT2D eigenvalue weighted by Gasteiger charge is -2.20. The number of hydrogen-bond donors (Lipinski definition) is 0. The van der Waals surface area contributed by atoms with Gasteiger partial charge in [-0.2, -0.15) is 0 Å². The lowest BCUT2D eigenvalue weighted by Crippen LogP contribution is -2.19. The lowest BCUT2D eigenvalue weighted by molar-refractivity contribution is 0.0591. The first-order valence-electron chi connectivity index (χ1n) is 8.11. The van der Waals surface area contributed by atoms with Gasteiger partial charge in [0.25, 0.3) is 0 Å². The van der Waals surface area contributed by atoms with E-state index in [1.54, 1.807) is 24.3 Å². The molecule has 1 saturated heterocycles. The zero-order chi connectivity index (χ0) is 18.8. The minimum atomic E-state index is -0.750. The average Bonchev–Trinajstić information content (AvgIpc) is 3.12. The minimum Gasteiger partial charge on any atom is -0.496 e. The Labute approximate surface area is 161 Å². The van der Waals surface area contributed by atoms with E-state index in [1.165, 1.54) is 14.2 Å². The van der Waals surface area contributed by atoms with E-state index in [0.29, 0.717) is 22.2 Å². The molecule has 1 atom stereocenters. The van der Waals surface area contributed by atoms with Crippen LogP contribution in [0.15, 0.2) is 30.3 Å². The van der Waals surface area contributed by atoms with Crippen LogP contribution in [0.3, 0.4) is 0 Å². The SMILES string of the molecule is COC(=O)c1c(OC)ccc(C2CCN(c3ccc(Cl)c(Cl)c3)C2)c1F. The predicted molar refractivity (Wildman–Crippen MR) is 100 cm³/mol. The topological polar surface area (TPSA) is 38.8 Å². The Kier molecular flexibility index (Phi) is 5.58. The largest absolute Gasteiger partial charge is 0.496 e. The highest BCUT2D eigenvalue weighted by molar-refractivity contribution is 6.42. The molecule has 1 heterocycles. The molecule has 3 rings (SSSR count). The number of esters is 1. The summed E-state index contributed by atoms with van der Waals surface area (Å²) in [6, 6.07) is 8.71. The lowest BCUT2D eigenvalue weighted by atomic mass is 9.95. The smallest absolute Gasteiger partial charge is 0.344 e. The summed E-state index contributed by atoms with van der Waals surface area (Å²) < 4.78 is 24.8. The number of hydrogen-bond acceptors (Lipinski definition) is 4. The van der Waals surface area contributed by atoms with Crippen molar-refractivity contribution in [3.8, 4) is 5.75 Å². The van der Waals surface area contributed by atoms with Crippen LogP contribution in [0, 0.1) is 5.82 Å². The maximum Gasteiger partial charge on any atom is 0.344 e. The first kappa shape index (κ1) is 18.8. The normalized spacial score (nSPS) is 16.7. The van der Waals surface area contributed by atoms with Gasteiger partial charge in [0.1, 0.15) is 17.1 Å². The maximum atomic E-state index is 15.0. The van der Waals surface area contributed by atoms with Crippen molar-refractivity contribution in [2.75, 3.05) is 32.2 Å². The molecule has 2 aromatic rings. The Hall–Kier alpha value is -1.98. The number of nitrogens with zero attached hydrogens (tertiary/aromatic N) is 1. The molecule has 0 amide bonds. The molecule has 0 aromatic heterocycles. The third-order valence-corrected chi connectivity index (χ3v) is 5.38. The second-order valence-electron chi connectivity index (χ2n) is 6.07. The number of carbonyl (C=O) groups is 1. The van der Waals surface area contributed by atoms with Crippen molar-refractivity contribution in [2.45, 2.75) is 12.3 Å². The van der Waals surface area contributed by atoms with E-state index in [-0.39, 0.29) is 17.2 Å². The zero-order valence-electron chi connectivity index (χ0n) is 14.4. The van der Waals surface area contributed by atoms with Crippen LogP contribution in [0.4, 0.5) is 10.1 Å². The first-order valence-corrected chi connectivity index (χ1v) is 8.86. The molecule has 4 nitrogen and oxygen atoms in total. The Morgan fingerprint density at radius 1 is 1.19 bits per heavy atom. The summed E-state index contributed by atoms with van der Waals surface area (Å²) in [6.07, 6.45) is 0.754. The Balaban J connectivity index is 1.88. The molecule has 26 heavy (non-hydrogen) atoms. The third-order valence-electron chi connectivity index (χ3n) is 4.64. The molecule has 0 radical (unpaired) electrons. The van der Waals surface area contributed by atoms with Crippen LogP contribution >= 0.6 is 23.2 Å². The Bertz CT molecular complexity index is 844. The Morgan fingerprint density at radius 2 is 1.96 bits per heavy atom. The number of halogens is 3. The molecule has 7 heteroatoms. The standard InChI is InChI=1S/C19H18Cl2FNO3/c1-25-16-6-4-13(18(22)17(16)19(24)26-2)11-7-8-23(10-11)12-3-5-14(20)15(21)9-12/h3-6,9,11H,7-8,10H2,1-2H3. The second kappa shape index (κ2) is 7.72. The van der Waals surface area contributed by atoms with Gasteiger partial charge in [0, 0.05) is 24.7 Å². The number of benzene rings is 2. The number of methoxy groups -OCH3 is 2. The van der Waals surface area contributed by atoms with E-state index in [4.69, 9.17) is 32.7 Å². The van der Waals surface area contributed by atoms with Crippen molar-refractivity contribution in [1.82, 2.24) is 0 Å². The maximum absolute atomic E-state index is 15.0. The predicted octanol–water partition coefficient (Wildman–Crippen LogP) is 4.92. The van der Waals surface area contributed by atoms with Gasteiger partial charge in [-0.3, -0.25) is 0 Å². The van der Waals surface area contributed by atoms with Crippen molar-refractivity contribution in [2.24, 2.45) is 0 Å². The summed E-state index contributed by atoms with van der Waals surface area (Å²) in [5.74, 6) is -1.23. The van der Waals surface area contributed by atoms with Gasteiger partial charge in [-0.25, -0.2) is 9.18 Å². The van der Waals surface area contributed by atoms with Gasteiger partial charge in [-0.15, -0.1) is 0 Å². The quantitative estimate of drug-likeness (QED) is 0.686. The van der Waals surface area contributed by atoms with Gasteiger partial charge >= 0.3 is 5.97 Å². The van der Waals surface area contributed by atoms with Crippen LogP contribution in [0.25, 0.3) is 0 Å². The zero-order valence-corrected chi connectivity index (χ0v) is 15.9. The van der Waals surface area contributed by atoms with Crippen molar-refractivity contribution >= 4 is 34.9 Å². The number of anilines is 1. The van der Waals surface area contributed by atoms with Crippen LogP contribution in [-0.2, 0) is 4.74 Å². The molecular weight excluding hydrogens is 380 g/mol. The van der Waals surface area contributed by atoms with Crippen LogP contribution in [-0.4, -0.2) is 33.3 Å². The van der Waals surface area contributed by atoms with Crippen molar-refractivity contribution in [1.29, 1.82) is 0 Å². The van der Waals surface area contributed by atoms with Gasteiger partial charge in [0.15, 0.2) is 0 Å². The van der Waals surface area contributed by atoms with E-state index < -0.39 is 11.8 Å². The molecule has 0 saturated carbocycles. The molecule has 0 bridgehead atoms.